The minimum absolute atomic E-state index is 0.168. The molecule has 3 nitrogen and oxygen atoms in total. The van der Waals surface area contributed by atoms with Gasteiger partial charge < -0.3 is 9.52 Å². The maximum atomic E-state index is 10.4. The van der Waals surface area contributed by atoms with Gasteiger partial charge in [-0.3, -0.25) is 4.90 Å². The molecule has 3 rings (SSSR count). The van der Waals surface area contributed by atoms with Crippen LogP contribution in [0.5, 0.6) is 0 Å². The monoisotopic (exact) mass is 249 g/mol. The van der Waals surface area contributed by atoms with Gasteiger partial charge >= 0.3 is 0 Å². The summed E-state index contributed by atoms with van der Waals surface area (Å²) in [7, 11) is 0. The molecule has 2 fully saturated rings. The highest BCUT2D eigenvalue weighted by atomic mass is 16.3. The summed E-state index contributed by atoms with van der Waals surface area (Å²) in [5, 5.41) is 10.4. The Morgan fingerprint density at radius 2 is 2.17 bits per heavy atom. The van der Waals surface area contributed by atoms with Crippen LogP contribution in [0.4, 0.5) is 0 Å². The van der Waals surface area contributed by atoms with Crippen molar-refractivity contribution < 1.29 is 9.52 Å². The molecule has 0 radical (unpaired) electrons. The van der Waals surface area contributed by atoms with Gasteiger partial charge in [0.2, 0.25) is 0 Å². The summed E-state index contributed by atoms with van der Waals surface area (Å²) in [4.78, 5) is 2.53. The molecule has 2 saturated heterocycles. The molecule has 1 aromatic heterocycles. The first-order valence-electron chi connectivity index (χ1n) is 7.12. The van der Waals surface area contributed by atoms with E-state index >= 15 is 0 Å². The van der Waals surface area contributed by atoms with Crippen molar-refractivity contribution in [2.75, 3.05) is 6.54 Å². The van der Waals surface area contributed by atoms with Gasteiger partial charge in [0.05, 0.1) is 18.6 Å². The third-order valence-electron chi connectivity index (χ3n) is 4.75. The van der Waals surface area contributed by atoms with E-state index in [1.165, 1.54) is 18.4 Å². The van der Waals surface area contributed by atoms with Crippen molar-refractivity contribution in [3.8, 4) is 0 Å². The van der Waals surface area contributed by atoms with Crippen molar-refractivity contribution in [1.29, 1.82) is 0 Å². The maximum absolute atomic E-state index is 10.4. The van der Waals surface area contributed by atoms with E-state index in [2.05, 4.69) is 24.8 Å². The van der Waals surface area contributed by atoms with Crippen molar-refractivity contribution >= 4 is 0 Å². The van der Waals surface area contributed by atoms with Gasteiger partial charge in [0, 0.05) is 24.2 Å². The number of furan rings is 1. The topological polar surface area (TPSA) is 36.6 Å². The lowest BCUT2D eigenvalue weighted by molar-refractivity contribution is -0.0797. The van der Waals surface area contributed by atoms with E-state index in [0.717, 1.165) is 13.0 Å². The zero-order chi connectivity index (χ0) is 12.7. The van der Waals surface area contributed by atoms with Gasteiger partial charge in [-0.2, -0.15) is 0 Å². The Morgan fingerprint density at radius 1 is 1.33 bits per heavy atom. The minimum atomic E-state index is -0.168. The maximum Gasteiger partial charge on any atom is 0.0950 e. The molecule has 0 spiro atoms. The van der Waals surface area contributed by atoms with E-state index in [1.807, 2.05) is 6.26 Å². The van der Waals surface area contributed by atoms with Crippen LogP contribution in [0.3, 0.4) is 0 Å². The van der Waals surface area contributed by atoms with E-state index in [4.69, 9.17) is 4.42 Å². The van der Waals surface area contributed by atoms with E-state index in [1.54, 1.807) is 6.26 Å². The van der Waals surface area contributed by atoms with Crippen LogP contribution in [0.2, 0.25) is 0 Å². The minimum Gasteiger partial charge on any atom is -0.472 e. The molecule has 0 unspecified atom stereocenters. The zero-order valence-electron chi connectivity index (χ0n) is 11.2. The van der Waals surface area contributed by atoms with E-state index in [-0.39, 0.29) is 6.10 Å². The van der Waals surface area contributed by atoms with E-state index in [9.17, 15) is 5.11 Å². The van der Waals surface area contributed by atoms with E-state index < -0.39 is 0 Å². The Balaban J connectivity index is 1.88. The third kappa shape index (κ3) is 1.99. The Morgan fingerprint density at radius 3 is 2.89 bits per heavy atom. The summed E-state index contributed by atoms with van der Waals surface area (Å²) in [6.45, 7) is 5.62. The molecule has 2 aliphatic heterocycles. The molecule has 5 atom stereocenters. The SMILES string of the molecule is C[C@H]1C[C@@H](O)[C@@H]2[C@H](C)CC[C@@H](c3ccoc3)N2C1. The number of piperidine rings is 2. The lowest BCUT2D eigenvalue weighted by atomic mass is 9.77. The molecule has 0 bridgehead atoms. The molecule has 0 amide bonds. The Bertz CT molecular complexity index is 389. The first kappa shape index (κ1) is 12.2. The highest BCUT2D eigenvalue weighted by molar-refractivity contribution is 5.15. The fourth-order valence-electron chi connectivity index (χ4n) is 3.95. The van der Waals surface area contributed by atoms with Gasteiger partial charge in [-0.25, -0.2) is 0 Å². The van der Waals surface area contributed by atoms with Crippen LogP contribution in [0, 0.1) is 11.8 Å². The molecule has 1 N–H and O–H groups in total. The summed E-state index contributed by atoms with van der Waals surface area (Å²) in [5.41, 5.74) is 1.27. The zero-order valence-corrected chi connectivity index (χ0v) is 11.2. The lowest BCUT2D eigenvalue weighted by Gasteiger charge is -2.51. The van der Waals surface area contributed by atoms with Crippen LogP contribution < -0.4 is 0 Å². The van der Waals surface area contributed by atoms with Gasteiger partial charge in [0.25, 0.3) is 0 Å². The quantitative estimate of drug-likeness (QED) is 0.831. The molecule has 18 heavy (non-hydrogen) atoms. The van der Waals surface area contributed by atoms with E-state index in [0.29, 0.717) is 23.9 Å². The smallest absolute Gasteiger partial charge is 0.0950 e. The normalized spacial score (nSPS) is 41.6. The van der Waals surface area contributed by atoms with Crippen LogP contribution in [0.15, 0.2) is 23.0 Å². The Labute approximate surface area is 109 Å². The second-order valence-corrected chi connectivity index (χ2v) is 6.22. The number of nitrogens with zero attached hydrogens (tertiary/aromatic N) is 1. The van der Waals surface area contributed by atoms with Crippen LogP contribution in [0.1, 0.15) is 44.7 Å². The summed E-state index contributed by atoms with van der Waals surface area (Å²) in [6.07, 6.45) is 6.77. The fraction of sp³-hybridized carbons (Fsp3) is 0.733. The van der Waals surface area contributed by atoms with Crippen molar-refractivity contribution in [3.63, 3.8) is 0 Å². The lowest BCUT2D eigenvalue weighted by Crippen LogP contribution is -2.57. The molecule has 3 heteroatoms. The number of hydrogen-bond donors (Lipinski definition) is 1. The van der Waals surface area contributed by atoms with Gasteiger partial charge in [0.1, 0.15) is 0 Å². The number of aliphatic hydroxyl groups excluding tert-OH is 1. The third-order valence-corrected chi connectivity index (χ3v) is 4.75. The Kier molecular flexibility index (Phi) is 3.20. The molecule has 0 aliphatic carbocycles. The summed E-state index contributed by atoms with van der Waals surface area (Å²) in [5.74, 6) is 1.17. The van der Waals surface area contributed by atoms with Crippen LogP contribution >= 0.6 is 0 Å². The second kappa shape index (κ2) is 4.71. The highest BCUT2D eigenvalue weighted by Crippen LogP contribution is 2.42. The standard InChI is InChI=1S/C15H23NO2/c1-10-7-14(17)15-11(2)3-4-13(16(15)8-10)12-5-6-18-9-12/h5-6,9-11,13-15,17H,3-4,7-8H2,1-2H3/t10-,11+,13-,14+,15-/m0/s1. The van der Waals surface area contributed by atoms with Crippen molar-refractivity contribution in [3.05, 3.63) is 24.2 Å². The largest absolute Gasteiger partial charge is 0.472 e. The first-order chi connectivity index (χ1) is 8.66. The number of aliphatic hydroxyl groups is 1. The van der Waals surface area contributed by atoms with Crippen LogP contribution in [-0.2, 0) is 0 Å². The molecule has 3 heterocycles. The molecule has 0 aromatic carbocycles. The predicted molar refractivity (Wildman–Crippen MR) is 70.1 cm³/mol. The molecular formula is C15H23NO2. The summed E-state index contributed by atoms with van der Waals surface area (Å²) < 4.78 is 5.24. The molecular weight excluding hydrogens is 226 g/mol. The number of fused-ring (bicyclic) bond motifs is 1. The van der Waals surface area contributed by atoms with Crippen LogP contribution in [-0.4, -0.2) is 28.7 Å². The van der Waals surface area contributed by atoms with Crippen LogP contribution in [0.25, 0.3) is 0 Å². The van der Waals surface area contributed by atoms with Gasteiger partial charge in [0.15, 0.2) is 0 Å². The van der Waals surface area contributed by atoms with Crippen molar-refractivity contribution in [2.45, 2.75) is 51.3 Å². The predicted octanol–water partition coefficient (Wildman–Crippen LogP) is 2.82. The summed E-state index contributed by atoms with van der Waals surface area (Å²) >= 11 is 0. The number of rotatable bonds is 1. The average molecular weight is 249 g/mol. The average Bonchev–Trinajstić information content (AvgIpc) is 2.81. The first-order valence-corrected chi connectivity index (χ1v) is 7.12. The molecule has 2 aliphatic rings. The molecule has 100 valence electrons. The van der Waals surface area contributed by atoms with Gasteiger partial charge in [-0.05, 0) is 37.2 Å². The van der Waals surface area contributed by atoms with Gasteiger partial charge in [-0.1, -0.05) is 13.8 Å². The molecule has 1 aromatic rings. The highest BCUT2D eigenvalue weighted by Gasteiger charge is 2.43. The van der Waals surface area contributed by atoms with Gasteiger partial charge in [-0.15, -0.1) is 0 Å². The van der Waals surface area contributed by atoms with Crippen molar-refractivity contribution in [2.24, 2.45) is 11.8 Å². The number of hydrogen-bond acceptors (Lipinski definition) is 3. The fourth-order valence-corrected chi connectivity index (χ4v) is 3.95. The molecule has 0 saturated carbocycles. The second-order valence-electron chi connectivity index (χ2n) is 6.22. The van der Waals surface area contributed by atoms with Crippen molar-refractivity contribution in [1.82, 2.24) is 4.90 Å². The Hall–Kier alpha value is -0.800. The summed E-state index contributed by atoms with van der Waals surface area (Å²) in [6, 6.07) is 2.83.